The van der Waals surface area contributed by atoms with Crippen molar-refractivity contribution in [3.8, 4) is 11.4 Å². The Morgan fingerprint density at radius 3 is 2.71 bits per heavy atom. The van der Waals surface area contributed by atoms with Gasteiger partial charge in [-0.1, -0.05) is 36.7 Å². The number of carbonyl (C=O) groups excluding carboxylic acids is 1. The maximum absolute atomic E-state index is 13.2. The zero-order valence-corrected chi connectivity index (χ0v) is 19.1. The average Bonchev–Trinajstić information content (AvgIpc) is 3.49. The highest BCUT2D eigenvalue weighted by atomic mass is 32.2. The minimum atomic E-state index is -3.07. The molecule has 1 amide bonds. The second-order valence-electron chi connectivity index (χ2n) is 7.86. The Morgan fingerprint density at radius 1 is 1.23 bits per heavy atom. The number of aromatic nitrogens is 4. The van der Waals surface area contributed by atoms with E-state index >= 15 is 0 Å². The van der Waals surface area contributed by atoms with Gasteiger partial charge in [0.15, 0.2) is 9.84 Å². The first-order valence-electron chi connectivity index (χ1n) is 10.6. The molecule has 2 aromatic rings. The molecule has 1 aliphatic carbocycles. The lowest BCUT2D eigenvalue weighted by Crippen LogP contribution is -2.47. The van der Waals surface area contributed by atoms with E-state index in [1.165, 1.54) is 11.8 Å². The molecule has 0 bridgehead atoms. The lowest BCUT2D eigenvalue weighted by molar-refractivity contribution is -0.132. The number of tetrazole rings is 1. The second kappa shape index (κ2) is 9.56. The van der Waals surface area contributed by atoms with Crippen LogP contribution < -0.4 is 4.74 Å². The van der Waals surface area contributed by atoms with E-state index < -0.39 is 9.84 Å². The van der Waals surface area contributed by atoms with E-state index in [0.717, 1.165) is 25.7 Å². The lowest BCUT2D eigenvalue weighted by Gasteiger charge is -2.34. The minimum Gasteiger partial charge on any atom is -0.492 e. The Labute approximate surface area is 186 Å². The molecular formula is C20H27N5O4S2. The maximum Gasteiger partial charge on any atom is 0.233 e. The van der Waals surface area contributed by atoms with Crippen LogP contribution in [0.4, 0.5) is 0 Å². The summed E-state index contributed by atoms with van der Waals surface area (Å²) in [6.45, 7) is 2.42. The summed E-state index contributed by atoms with van der Waals surface area (Å²) in [6.07, 6.45) is 4.55. The van der Waals surface area contributed by atoms with E-state index in [4.69, 9.17) is 4.74 Å². The fraction of sp³-hybridized carbons (Fsp3) is 0.600. The van der Waals surface area contributed by atoms with Gasteiger partial charge >= 0.3 is 0 Å². The number of ether oxygens (including phenoxy) is 1. The number of carbonyl (C=O) groups is 1. The summed E-state index contributed by atoms with van der Waals surface area (Å²) < 4.78 is 31.3. The van der Waals surface area contributed by atoms with Gasteiger partial charge in [0.1, 0.15) is 11.4 Å². The summed E-state index contributed by atoms with van der Waals surface area (Å²) in [6, 6.07) is 7.37. The molecule has 9 nitrogen and oxygen atoms in total. The predicted molar refractivity (Wildman–Crippen MR) is 117 cm³/mol. The third-order valence-corrected chi connectivity index (χ3v) is 8.42. The van der Waals surface area contributed by atoms with Gasteiger partial charge in [-0.3, -0.25) is 4.79 Å². The molecule has 11 heteroatoms. The van der Waals surface area contributed by atoms with Crippen molar-refractivity contribution in [2.24, 2.45) is 0 Å². The van der Waals surface area contributed by atoms with Crippen molar-refractivity contribution in [2.45, 2.75) is 56.3 Å². The molecule has 1 aliphatic heterocycles. The van der Waals surface area contributed by atoms with Crippen LogP contribution in [0, 0.1) is 0 Å². The average molecular weight is 466 g/mol. The largest absolute Gasteiger partial charge is 0.492 e. The molecule has 1 aromatic heterocycles. The summed E-state index contributed by atoms with van der Waals surface area (Å²) in [4.78, 5) is 15.1. The second-order valence-corrected chi connectivity index (χ2v) is 11.0. The first kappa shape index (κ1) is 22.1. The smallest absolute Gasteiger partial charge is 0.233 e. The normalized spacial score (nSPS) is 20.7. The summed E-state index contributed by atoms with van der Waals surface area (Å²) in [5.74, 6) is 0.998. The standard InChI is InChI=1S/C20H27N5O4S2/c1-2-29-18-10-6-5-9-17(18)25-20(21-22-23-25)30-13-19(26)24(15-7-3-4-8-15)16-11-12-31(27,28)14-16/h5-6,9-10,15-16H,2-4,7-8,11-14H2,1H3. The van der Waals surface area contributed by atoms with E-state index in [1.54, 1.807) is 4.68 Å². The summed E-state index contributed by atoms with van der Waals surface area (Å²) in [7, 11) is -3.07. The van der Waals surface area contributed by atoms with E-state index in [1.807, 2.05) is 36.1 Å². The molecule has 0 spiro atoms. The Bertz CT molecular complexity index is 1020. The van der Waals surface area contributed by atoms with E-state index in [9.17, 15) is 13.2 Å². The van der Waals surface area contributed by atoms with Crippen molar-refractivity contribution in [3.63, 3.8) is 0 Å². The fourth-order valence-corrected chi connectivity index (χ4v) is 6.88. The first-order valence-corrected chi connectivity index (χ1v) is 13.4. The highest BCUT2D eigenvalue weighted by Crippen LogP contribution is 2.31. The van der Waals surface area contributed by atoms with Crippen LogP contribution in [-0.4, -0.2) is 75.4 Å². The molecule has 0 radical (unpaired) electrons. The SMILES string of the molecule is CCOc1ccccc1-n1nnnc1SCC(=O)N(C1CCCC1)C1CCS(=O)(=O)C1. The molecule has 1 unspecified atom stereocenters. The third kappa shape index (κ3) is 5.03. The van der Waals surface area contributed by atoms with E-state index in [0.29, 0.717) is 29.6 Å². The van der Waals surface area contributed by atoms with Crippen LogP contribution in [0.3, 0.4) is 0 Å². The highest BCUT2D eigenvalue weighted by Gasteiger charge is 2.39. The summed E-state index contributed by atoms with van der Waals surface area (Å²) in [5, 5.41) is 12.4. The van der Waals surface area contributed by atoms with Crippen LogP contribution in [0.25, 0.3) is 5.69 Å². The third-order valence-electron chi connectivity index (χ3n) is 5.77. The van der Waals surface area contributed by atoms with Gasteiger partial charge in [-0.15, -0.1) is 5.10 Å². The quantitative estimate of drug-likeness (QED) is 0.546. The molecule has 1 saturated heterocycles. The summed E-state index contributed by atoms with van der Waals surface area (Å²) in [5.41, 5.74) is 0.707. The van der Waals surface area contributed by atoms with Crippen molar-refractivity contribution in [2.75, 3.05) is 23.9 Å². The van der Waals surface area contributed by atoms with Crippen LogP contribution in [-0.2, 0) is 14.6 Å². The van der Waals surface area contributed by atoms with Crippen LogP contribution in [0.5, 0.6) is 5.75 Å². The topological polar surface area (TPSA) is 107 Å². The molecule has 2 heterocycles. The zero-order valence-electron chi connectivity index (χ0n) is 17.5. The van der Waals surface area contributed by atoms with Crippen LogP contribution in [0.2, 0.25) is 0 Å². The van der Waals surface area contributed by atoms with Gasteiger partial charge in [0.2, 0.25) is 11.1 Å². The molecule has 31 heavy (non-hydrogen) atoms. The van der Waals surface area contributed by atoms with Gasteiger partial charge in [-0.2, -0.15) is 4.68 Å². The lowest BCUT2D eigenvalue weighted by atomic mass is 10.1. The summed E-state index contributed by atoms with van der Waals surface area (Å²) >= 11 is 1.26. The molecule has 2 fully saturated rings. The van der Waals surface area contributed by atoms with Gasteiger partial charge in [-0.05, 0) is 48.7 Å². The molecular weight excluding hydrogens is 438 g/mol. The highest BCUT2D eigenvalue weighted by molar-refractivity contribution is 7.99. The van der Waals surface area contributed by atoms with Gasteiger partial charge in [-0.25, -0.2) is 8.42 Å². The van der Waals surface area contributed by atoms with Crippen molar-refractivity contribution in [1.82, 2.24) is 25.1 Å². The van der Waals surface area contributed by atoms with Crippen molar-refractivity contribution in [3.05, 3.63) is 24.3 Å². The molecule has 0 N–H and O–H groups in total. The van der Waals surface area contributed by atoms with Gasteiger partial charge in [0.05, 0.1) is 23.9 Å². The number of nitrogens with zero attached hydrogens (tertiary/aromatic N) is 5. The number of benzene rings is 1. The monoisotopic (exact) mass is 465 g/mol. The number of sulfone groups is 1. The van der Waals surface area contributed by atoms with Gasteiger partial charge in [0.25, 0.3) is 0 Å². The Hall–Kier alpha value is -2.14. The molecule has 4 rings (SSSR count). The fourth-order valence-electron chi connectivity index (χ4n) is 4.41. The Morgan fingerprint density at radius 2 is 2.00 bits per heavy atom. The number of para-hydroxylation sites is 2. The first-order chi connectivity index (χ1) is 15.0. The van der Waals surface area contributed by atoms with E-state index in [-0.39, 0.29) is 35.2 Å². The minimum absolute atomic E-state index is 0.0494. The zero-order chi connectivity index (χ0) is 21.8. The van der Waals surface area contributed by atoms with Crippen LogP contribution in [0.1, 0.15) is 39.0 Å². The Kier molecular flexibility index (Phi) is 6.80. The Balaban J connectivity index is 1.50. The van der Waals surface area contributed by atoms with E-state index in [2.05, 4.69) is 15.5 Å². The maximum atomic E-state index is 13.2. The van der Waals surface area contributed by atoms with Crippen molar-refractivity contribution >= 4 is 27.5 Å². The molecule has 2 aliphatic rings. The molecule has 1 aromatic carbocycles. The van der Waals surface area contributed by atoms with Gasteiger partial charge < -0.3 is 9.64 Å². The number of hydrogen-bond acceptors (Lipinski definition) is 8. The van der Waals surface area contributed by atoms with Gasteiger partial charge in [0, 0.05) is 12.1 Å². The number of hydrogen-bond donors (Lipinski definition) is 0. The predicted octanol–water partition coefficient (Wildman–Crippen LogP) is 2.11. The van der Waals surface area contributed by atoms with Crippen LogP contribution >= 0.6 is 11.8 Å². The molecule has 1 atom stereocenters. The number of rotatable bonds is 8. The van der Waals surface area contributed by atoms with Crippen molar-refractivity contribution in [1.29, 1.82) is 0 Å². The molecule has 168 valence electrons. The number of amides is 1. The van der Waals surface area contributed by atoms with Crippen LogP contribution in [0.15, 0.2) is 29.4 Å². The molecule has 1 saturated carbocycles. The van der Waals surface area contributed by atoms with Crippen molar-refractivity contribution < 1.29 is 17.9 Å². The number of thioether (sulfide) groups is 1.